The van der Waals surface area contributed by atoms with Crippen molar-refractivity contribution in [2.75, 3.05) is 7.05 Å². The molecular formula is C14H21N3O2. The summed E-state index contributed by atoms with van der Waals surface area (Å²) < 4.78 is 0. The summed E-state index contributed by atoms with van der Waals surface area (Å²) in [5, 5.41) is 7.04. The van der Waals surface area contributed by atoms with Crippen molar-refractivity contribution in [2.24, 2.45) is 11.7 Å². The zero-order chi connectivity index (χ0) is 14.3. The van der Waals surface area contributed by atoms with Crippen LogP contribution in [0.2, 0.25) is 0 Å². The third-order valence-electron chi connectivity index (χ3n) is 3.61. The number of carbonyl (C=O) groups excluding carboxylic acids is 2. The maximum absolute atomic E-state index is 10.7. The average molecular weight is 263 g/mol. The molecule has 104 valence electrons. The van der Waals surface area contributed by atoms with Gasteiger partial charge in [-0.3, -0.25) is 4.79 Å². The van der Waals surface area contributed by atoms with E-state index in [0.717, 1.165) is 38.2 Å². The van der Waals surface area contributed by atoms with E-state index >= 15 is 0 Å². The van der Waals surface area contributed by atoms with Crippen molar-refractivity contribution in [1.82, 2.24) is 4.90 Å². The van der Waals surface area contributed by atoms with E-state index in [9.17, 15) is 9.59 Å². The van der Waals surface area contributed by atoms with E-state index in [1.807, 2.05) is 13.2 Å². The SMILES string of the molecule is CN(/C=C\C(N)=C(\C=N)C=O)C1CCC(C=O)CC1. The van der Waals surface area contributed by atoms with Crippen LogP contribution in [0.5, 0.6) is 0 Å². The van der Waals surface area contributed by atoms with Gasteiger partial charge < -0.3 is 20.8 Å². The fourth-order valence-corrected chi connectivity index (χ4v) is 2.25. The number of nitrogens with one attached hydrogen (secondary N) is 1. The van der Waals surface area contributed by atoms with Crippen molar-refractivity contribution in [1.29, 1.82) is 5.41 Å². The van der Waals surface area contributed by atoms with Crippen LogP contribution in [0.15, 0.2) is 23.5 Å². The number of nitrogens with zero attached hydrogens (tertiary/aromatic N) is 1. The number of nitrogens with two attached hydrogens (primary N) is 1. The Balaban J connectivity index is 2.58. The third-order valence-corrected chi connectivity index (χ3v) is 3.61. The van der Waals surface area contributed by atoms with Crippen LogP contribution in [0, 0.1) is 11.3 Å². The summed E-state index contributed by atoms with van der Waals surface area (Å²) in [4.78, 5) is 23.4. The summed E-state index contributed by atoms with van der Waals surface area (Å²) in [6.07, 6.45) is 9.86. The zero-order valence-electron chi connectivity index (χ0n) is 11.2. The summed E-state index contributed by atoms with van der Waals surface area (Å²) in [7, 11) is 1.96. The predicted molar refractivity (Wildman–Crippen MR) is 74.8 cm³/mol. The lowest BCUT2D eigenvalue weighted by Gasteiger charge is -2.32. The first-order chi connectivity index (χ1) is 9.12. The molecule has 1 saturated carbocycles. The Kier molecular flexibility index (Phi) is 5.99. The molecular weight excluding hydrogens is 242 g/mol. The van der Waals surface area contributed by atoms with Gasteiger partial charge >= 0.3 is 0 Å². The highest BCUT2D eigenvalue weighted by Gasteiger charge is 2.22. The van der Waals surface area contributed by atoms with Gasteiger partial charge in [-0.1, -0.05) is 0 Å². The Morgan fingerprint density at radius 1 is 1.26 bits per heavy atom. The molecule has 1 fully saturated rings. The number of hydrogen-bond donors (Lipinski definition) is 2. The van der Waals surface area contributed by atoms with E-state index in [1.54, 1.807) is 6.08 Å². The second-order valence-electron chi connectivity index (χ2n) is 4.86. The summed E-state index contributed by atoms with van der Waals surface area (Å²) in [5.74, 6) is 0.207. The van der Waals surface area contributed by atoms with E-state index in [-0.39, 0.29) is 11.5 Å². The number of allylic oxidation sites excluding steroid dienone is 2. The molecule has 19 heavy (non-hydrogen) atoms. The second-order valence-corrected chi connectivity index (χ2v) is 4.86. The van der Waals surface area contributed by atoms with Crippen molar-refractivity contribution in [3.05, 3.63) is 23.5 Å². The van der Waals surface area contributed by atoms with Crippen LogP contribution in [0.4, 0.5) is 0 Å². The number of rotatable bonds is 6. The molecule has 0 heterocycles. The Morgan fingerprint density at radius 2 is 1.89 bits per heavy atom. The molecule has 1 rings (SSSR count). The molecule has 0 amide bonds. The van der Waals surface area contributed by atoms with Crippen LogP contribution in [0.1, 0.15) is 25.7 Å². The molecule has 0 bridgehead atoms. The molecule has 0 aromatic carbocycles. The molecule has 0 unspecified atom stereocenters. The Bertz CT molecular complexity index is 383. The lowest BCUT2D eigenvalue weighted by atomic mass is 9.86. The van der Waals surface area contributed by atoms with Crippen LogP contribution >= 0.6 is 0 Å². The van der Waals surface area contributed by atoms with Crippen molar-refractivity contribution in [3.63, 3.8) is 0 Å². The molecule has 0 radical (unpaired) electrons. The van der Waals surface area contributed by atoms with Crippen molar-refractivity contribution in [2.45, 2.75) is 31.7 Å². The molecule has 1 aliphatic carbocycles. The number of hydrogen-bond acceptors (Lipinski definition) is 5. The van der Waals surface area contributed by atoms with Crippen LogP contribution < -0.4 is 5.73 Å². The molecule has 5 nitrogen and oxygen atoms in total. The summed E-state index contributed by atoms with van der Waals surface area (Å²) in [6.45, 7) is 0. The monoisotopic (exact) mass is 263 g/mol. The van der Waals surface area contributed by atoms with Crippen LogP contribution in [-0.2, 0) is 9.59 Å². The highest BCUT2D eigenvalue weighted by Crippen LogP contribution is 2.25. The van der Waals surface area contributed by atoms with E-state index in [1.165, 1.54) is 0 Å². The largest absolute Gasteiger partial charge is 0.398 e. The zero-order valence-corrected chi connectivity index (χ0v) is 11.2. The molecule has 0 aliphatic heterocycles. The summed E-state index contributed by atoms with van der Waals surface area (Å²) >= 11 is 0. The summed E-state index contributed by atoms with van der Waals surface area (Å²) in [6, 6.07) is 0.403. The second kappa shape index (κ2) is 7.51. The van der Waals surface area contributed by atoms with E-state index in [2.05, 4.69) is 4.90 Å². The van der Waals surface area contributed by atoms with Crippen LogP contribution in [0.25, 0.3) is 0 Å². The van der Waals surface area contributed by atoms with Gasteiger partial charge in [0.15, 0.2) is 6.29 Å². The first-order valence-electron chi connectivity index (χ1n) is 6.43. The highest BCUT2D eigenvalue weighted by atomic mass is 16.1. The van der Waals surface area contributed by atoms with Gasteiger partial charge in [0.25, 0.3) is 0 Å². The quantitative estimate of drug-likeness (QED) is 0.327. The van der Waals surface area contributed by atoms with Gasteiger partial charge in [-0.25, -0.2) is 0 Å². The van der Waals surface area contributed by atoms with E-state index in [0.29, 0.717) is 18.0 Å². The maximum atomic E-state index is 10.7. The smallest absolute Gasteiger partial charge is 0.153 e. The maximum Gasteiger partial charge on any atom is 0.153 e. The molecule has 0 aromatic heterocycles. The van der Waals surface area contributed by atoms with Crippen LogP contribution in [0.3, 0.4) is 0 Å². The number of carbonyl (C=O) groups is 2. The minimum atomic E-state index is 0.175. The molecule has 0 saturated heterocycles. The van der Waals surface area contributed by atoms with Gasteiger partial charge in [0, 0.05) is 37.1 Å². The fraction of sp³-hybridized carbons (Fsp3) is 0.500. The Morgan fingerprint density at radius 3 is 2.37 bits per heavy atom. The van der Waals surface area contributed by atoms with Crippen LogP contribution in [-0.4, -0.2) is 36.8 Å². The topological polar surface area (TPSA) is 87.2 Å². The Labute approximate surface area is 113 Å². The number of aldehydes is 2. The van der Waals surface area contributed by atoms with Gasteiger partial charge in [0.05, 0.1) is 5.57 Å². The molecule has 0 spiro atoms. The average Bonchev–Trinajstić information content (AvgIpc) is 2.46. The van der Waals surface area contributed by atoms with Crippen molar-refractivity contribution >= 4 is 18.8 Å². The minimum absolute atomic E-state index is 0.175. The Hall–Kier alpha value is -1.91. The van der Waals surface area contributed by atoms with Gasteiger partial charge in [-0.2, -0.15) is 0 Å². The lowest BCUT2D eigenvalue weighted by Crippen LogP contribution is -2.31. The van der Waals surface area contributed by atoms with Crippen molar-refractivity contribution in [3.8, 4) is 0 Å². The minimum Gasteiger partial charge on any atom is -0.398 e. The van der Waals surface area contributed by atoms with Gasteiger partial charge in [-0.05, 0) is 31.8 Å². The molecule has 3 N–H and O–H groups in total. The van der Waals surface area contributed by atoms with E-state index < -0.39 is 0 Å². The highest BCUT2D eigenvalue weighted by molar-refractivity contribution is 6.01. The predicted octanol–water partition coefficient (Wildman–Crippen LogP) is 1.25. The third kappa shape index (κ3) is 4.35. The molecule has 1 aliphatic rings. The van der Waals surface area contributed by atoms with Gasteiger partial charge in [0.2, 0.25) is 0 Å². The normalized spacial score (nSPS) is 24.7. The summed E-state index contributed by atoms with van der Waals surface area (Å²) in [5.41, 5.74) is 6.16. The molecule has 5 heteroatoms. The lowest BCUT2D eigenvalue weighted by molar-refractivity contribution is -0.112. The molecule has 0 aromatic rings. The van der Waals surface area contributed by atoms with Gasteiger partial charge in [0.1, 0.15) is 6.29 Å². The fourth-order valence-electron chi connectivity index (χ4n) is 2.25. The standard InChI is InChI=1S/C14H21N3O2/c1-17(7-6-14(16)12(8-15)10-19)13-4-2-11(9-18)3-5-13/h6-11,13,15H,2-5,16H2,1H3/b7-6-,14-12+,15-8?. The van der Waals surface area contributed by atoms with Gasteiger partial charge in [-0.15, -0.1) is 0 Å². The first-order valence-corrected chi connectivity index (χ1v) is 6.43. The molecule has 0 atom stereocenters. The van der Waals surface area contributed by atoms with Crippen molar-refractivity contribution < 1.29 is 9.59 Å². The van der Waals surface area contributed by atoms with E-state index in [4.69, 9.17) is 11.1 Å². The first kappa shape index (κ1) is 15.1.